The maximum atomic E-state index is 15.7. The summed E-state index contributed by atoms with van der Waals surface area (Å²) in [6, 6.07) is 16.4. The Balaban J connectivity index is 1.26. The average Bonchev–Trinajstić information content (AvgIpc) is 3.22. The van der Waals surface area contributed by atoms with Crippen molar-refractivity contribution in [1.29, 1.82) is 0 Å². The van der Waals surface area contributed by atoms with Gasteiger partial charge < -0.3 is 10.2 Å². The Bertz CT molecular complexity index is 1960. The predicted octanol–water partition coefficient (Wildman–Crippen LogP) is 6.87. The summed E-state index contributed by atoms with van der Waals surface area (Å²) in [6.45, 7) is 3.44. The van der Waals surface area contributed by atoms with Gasteiger partial charge in [-0.25, -0.2) is 14.4 Å². The Hall–Kier alpha value is -4.96. The topological polar surface area (TPSA) is 110 Å². The number of aryl methyl sites for hydroxylation is 1. The van der Waals surface area contributed by atoms with Crippen LogP contribution in [0.5, 0.6) is 0 Å². The first-order valence-electron chi connectivity index (χ1n) is 15.2. The Morgan fingerprint density at radius 2 is 1.72 bits per heavy atom. The van der Waals surface area contributed by atoms with Crippen LogP contribution in [-0.2, 0) is 16.1 Å². The lowest BCUT2D eigenvalue weighted by molar-refractivity contribution is -0.139. The molecule has 1 fully saturated rings. The Kier molecular flexibility index (Phi) is 8.90. The van der Waals surface area contributed by atoms with E-state index < -0.39 is 17.8 Å². The second-order valence-electron chi connectivity index (χ2n) is 11.4. The van der Waals surface area contributed by atoms with Crippen molar-refractivity contribution >= 4 is 45.8 Å². The summed E-state index contributed by atoms with van der Waals surface area (Å²) in [5.41, 5.74) is 3.26. The molecule has 234 valence electrons. The molecule has 0 spiro atoms. The zero-order valence-electron chi connectivity index (χ0n) is 25.5. The van der Waals surface area contributed by atoms with Gasteiger partial charge in [0.25, 0.3) is 0 Å². The van der Waals surface area contributed by atoms with E-state index in [4.69, 9.17) is 11.6 Å². The van der Waals surface area contributed by atoms with Crippen LogP contribution in [0.3, 0.4) is 0 Å². The number of likely N-dealkylation sites (tertiary alicyclic amines) is 1. The normalized spacial score (nSPS) is 15.0. The summed E-state index contributed by atoms with van der Waals surface area (Å²) in [5.74, 6) is -0.974. The number of carbonyl (C=O) groups is 3. The first-order chi connectivity index (χ1) is 22.2. The second-order valence-corrected chi connectivity index (χ2v) is 11.8. The third-order valence-electron chi connectivity index (χ3n) is 8.28. The fourth-order valence-electron chi connectivity index (χ4n) is 5.91. The number of hydrogen-bond acceptors (Lipinski definition) is 6. The summed E-state index contributed by atoms with van der Waals surface area (Å²) in [5, 5.41) is 8.25. The number of carbonyl (C=O) groups excluding carboxylic acids is 3. The number of fused-ring (bicyclic) bond motifs is 1. The Morgan fingerprint density at radius 3 is 2.48 bits per heavy atom. The molecule has 11 heteroatoms. The number of Topliss-reactive ketones (excluding diaryl/α,β-unsaturated/α-hetero) is 1. The highest BCUT2D eigenvalue weighted by Gasteiger charge is 2.32. The third-order valence-corrected chi connectivity index (χ3v) is 8.61. The highest BCUT2D eigenvalue weighted by molar-refractivity contribution is 6.33. The standard InChI is InChI=1S/C35H32ClFN6O3/c1-21(44)34-27-17-23(24-18-38-22(2)39-19-24)14-15-30(27)43(41-34)20-32(45)42-16-7-3-4-13-31(42)35(46)40-29-12-8-10-26(33(29)37)25-9-5-6-11-28(25)36/h5-6,8-12,14-15,17-19,31H,3-4,7,13,16,20H2,1-2H3,(H,40,46)/t31-/m0/s1. The van der Waals surface area contributed by atoms with Crippen LogP contribution in [0, 0.1) is 12.7 Å². The summed E-state index contributed by atoms with van der Waals surface area (Å²) in [6.07, 6.45) is 6.20. The largest absolute Gasteiger partial charge is 0.329 e. The van der Waals surface area contributed by atoms with Crippen LogP contribution in [0.2, 0.25) is 5.02 Å². The molecular formula is C35H32ClFN6O3. The van der Waals surface area contributed by atoms with Crippen LogP contribution in [0.25, 0.3) is 33.2 Å². The average molecular weight is 639 g/mol. The lowest BCUT2D eigenvalue weighted by Crippen LogP contribution is -2.48. The van der Waals surface area contributed by atoms with Crippen LogP contribution in [0.4, 0.5) is 10.1 Å². The molecule has 6 rings (SSSR count). The number of hydrogen-bond donors (Lipinski definition) is 1. The minimum absolute atomic E-state index is 0.0121. The second kappa shape index (κ2) is 13.2. The number of rotatable bonds is 7. The highest BCUT2D eigenvalue weighted by atomic mass is 35.5. The number of aromatic nitrogens is 4. The first-order valence-corrected chi connectivity index (χ1v) is 15.5. The molecule has 5 aromatic rings. The van der Waals surface area contributed by atoms with Crippen LogP contribution in [-0.4, -0.2) is 54.8 Å². The first kappa shape index (κ1) is 31.0. The zero-order chi connectivity index (χ0) is 32.4. The lowest BCUT2D eigenvalue weighted by atomic mass is 10.0. The number of nitrogens with zero attached hydrogens (tertiary/aromatic N) is 5. The number of nitrogens with one attached hydrogen (secondary N) is 1. The van der Waals surface area contributed by atoms with E-state index in [-0.39, 0.29) is 35.2 Å². The van der Waals surface area contributed by atoms with Crippen molar-refractivity contribution in [2.75, 3.05) is 11.9 Å². The van der Waals surface area contributed by atoms with Gasteiger partial charge in [-0.2, -0.15) is 5.10 Å². The maximum absolute atomic E-state index is 15.7. The summed E-state index contributed by atoms with van der Waals surface area (Å²) in [4.78, 5) is 50.2. The van der Waals surface area contributed by atoms with E-state index >= 15 is 4.39 Å². The van der Waals surface area contributed by atoms with E-state index in [2.05, 4.69) is 20.4 Å². The minimum Gasteiger partial charge on any atom is -0.329 e. The van der Waals surface area contributed by atoms with E-state index in [0.717, 1.165) is 30.4 Å². The molecular weight excluding hydrogens is 607 g/mol. The number of benzene rings is 3. The van der Waals surface area contributed by atoms with Crippen LogP contribution < -0.4 is 5.32 Å². The molecule has 1 N–H and O–H groups in total. The van der Waals surface area contributed by atoms with Crippen molar-refractivity contribution in [3.63, 3.8) is 0 Å². The Morgan fingerprint density at radius 1 is 0.957 bits per heavy atom. The van der Waals surface area contributed by atoms with Crippen LogP contribution in [0.15, 0.2) is 73.1 Å². The van der Waals surface area contributed by atoms with Crippen molar-refractivity contribution in [2.45, 2.75) is 52.1 Å². The van der Waals surface area contributed by atoms with Gasteiger partial charge in [0.15, 0.2) is 11.6 Å². The van der Waals surface area contributed by atoms with E-state index in [1.165, 1.54) is 17.7 Å². The van der Waals surface area contributed by atoms with Gasteiger partial charge >= 0.3 is 0 Å². The van der Waals surface area contributed by atoms with Gasteiger partial charge in [-0.05, 0) is 49.6 Å². The van der Waals surface area contributed by atoms with Crippen molar-refractivity contribution in [3.8, 4) is 22.3 Å². The minimum atomic E-state index is -0.805. The predicted molar refractivity (Wildman–Crippen MR) is 175 cm³/mol. The van der Waals surface area contributed by atoms with Crippen LogP contribution >= 0.6 is 11.6 Å². The smallest absolute Gasteiger partial charge is 0.247 e. The van der Waals surface area contributed by atoms with Gasteiger partial charge in [0.05, 0.1) is 11.2 Å². The fourth-order valence-corrected chi connectivity index (χ4v) is 6.15. The maximum Gasteiger partial charge on any atom is 0.247 e. The Labute approximate surface area is 270 Å². The molecule has 0 radical (unpaired) electrons. The molecule has 9 nitrogen and oxygen atoms in total. The number of anilines is 1. The van der Waals surface area contributed by atoms with E-state index in [1.54, 1.807) is 60.6 Å². The summed E-state index contributed by atoms with van der Waals surface area (Å²) in [7, 11) is 0. The zero-order valence-corrected chi connectivity index (χ0v) is 26.2. The molecule has 2 amide bonds. The van der Waals surface area contributed by atoms with Crippen molar-refractivity contribution in [3.05, 3.63) is 95.4 Å². The molecule has 0 aliphatic carbocycles. The molecule has 1 aliphatic heterocycles. The molecule has 0 saturated carbocycles. The van der Waals surface area contributed by atoms with Gasteiger partial charge in [-0.1, -0.05) is 60.8 Å². The van der Waals surface area contributed by atoms with Crippen molar-refractivity contribution in [1.82, 2.24) is 24.6 Å². The molecule has 3 heterocycles. The molecule has 3 aromatic carbocycles. The number of amides is 2. The van der Waals surface area contributed by atoms with Crippen molar-refractivity contribution in [2.24, 2.45) is 0 Å². The van der Waals surface area contributed by atoms with Crippen LogP contribution in [0.1, 0.15) is 48.9 Å². The molecule has 1 aliphatic rings. The molecule has 0 unspecified atom stereocenters. The van der Waals surface area contributed by atoms with Crippen molar-refractivity contribution < 1.29 is 18.8 Å². The van der Waals surface area contributed by atoms with Gasteiger partial charge in [-0.3, -0.25) is 19.1 Å². The van der Waals surface area contributed by atoms with Gasteiger partial charge in [0, 0.05) is 53.0 Å². The van der Waals surface area contributed by atoms with Gasteiger partial charge in [-0.15, -0.1) is 0 Å². The molecule has 1 saturated heterocycles. The molecule has 46 heavy (non-hydrogen) atoms. The summed E-state index contributed by atoms with van der Waals surface area (Å²) >= 11 is 6.32. The third kappa shape index (κ3) is 6.25. The van der Waals surface area contributed by atoms with Gasteiger partial charge in [0.2, 0.25) is 11.8 Å². The van der Waals surface area contributed by atoms with E-state index in [0.29, 0.717) is 40.3 Å². The molecule has 2 aromatic heterocycles. The molecule has 1 atom stereocenters. The highest BCUT2D eigenvalue weighted by Crippen LogP contribution is 2.33. The SMILES string of the molecule is CC(=O)c1nn(CC(=O)N2CCCCC[C@H]2C(=O)Nc2cccc(-c3ccccc3Cl)c2F)c2ccc(-c3cnc(C)nc3)cc12. The lowest BCUT2D eigenvalue weighted by Gasteiger charge is -2.29. The monoisotopic (exact) mass is 638 g/mol. The fraction of sp³-hybridized carbons (Fsp3) is 0.257. The van der Waals surface area contributed by atoms with E-state index in [9.17, 15) is 14.4 Å². The number of halogens is 2. The van der Waals surface area contributed by atoms with E-state index in [1.807, 2.05) is 18.2 Å². The number of ketones is 1. The molecule has 0 bridgehead atoms. The summed E-state index contributed by atoms with van der Waals surface area (Å²) < 4.78 is 17.2. The van der Waals surface area contributed by atoms with Gasteiger partial charge in [0.1, 0.15) is 24.1 Å². The quantitative estimate of drug-likeness (QED) is 0.195.